The topological polar surface area (TPSA) is 52.2 Å². The van der Waals surface area contributed by atoms with Gasteiger partial charge in [0.2, 0.25) is 0 Å². The van der Waals surface area contributed by atoms with Crippen LogP contribution in [0, 0.1) is 5.92 Å². The molecule has 0 unspecified atom stereocenters. The number of piperidine rings is 1. The predicted octanol–water partition coefficient (Wildman–Crippen LogP) is 3.97. The van der Waals surface area contributed by atoms with Gasteiger partial charge in [-0.2, -0.15) is 5.10 Å². The minimum atomic E-state index is 0.0783. The molecular formula is C23H31ClN4O. The number of hydrogen-bond donors (Lipinski definition) is 1. The van der Waals surface area contributed by atoms with Crippen LogP contribution in [0.2, 0.25) is 5.02 Å². The van der Waals surface area contributed by atoms with Crippen LogP contribution in [0.1, 0.15) is 53.0 Å². The van der Waals surface area contributed by atoms with Gasteiger partial charge in [0.15, 0.2) is 5.69 Å². The van der Waals surface area contributed by atoms with Crippen LogP contribution < -0.4 is 0 Å². The van der Waals surface area contributed by atoms with Gasteiger partial charge in [-0.1, -0.05) is 23.7 Å². The molecule has 5 nitrogen and oxygen atoms in total. The van der Waals surface area contributed by atoms with Gasteiger partial charge >= 0.3 is 0 Å². The number of likely N-dealkylation sites (tertiary alicyclic amines) is 1. The van der Waals surface area contributed by atoms with Crippen LogP contribution in [0.25, 0.3) is 0 Å². The predicted molar refractivity (Wildman–Crippen MR) is 117 cm³/mol. The fraction of sp³-hybridized carbons (Fsp3) is 0.565. The number of benzene rings is 1. The van der Waals surface area contributed by atoms with E-state index in [9.17, 15) is 4.79 Å². The van der Waals surface area contributed by atoms with Crippen molar-refractivity contribution in [2.75, 3.05) is 33.2 Å². The maximum Gasteiger partial charge on any atom is 0.274 e. The van der Waals surface area contributed by atoms with E-state index in [1.165, 1.54) is 17.7 Å². The molecule has 1 amide bonds. The summed E-state index contributed by atoms with van der Waals surface area (Å²) < 4.78 is 0. The van der Waals surface area contributed by atoms with Crippen molar-refractivity contribution in [1.29, 1.82) is 0 Å². The Kier molecular flexibility index (Phi) is 6.56. The summed E-state index contributed by atoms with van der Waals surface area (Å²) in [6.45, 7) is 4.13. The van der Waals surface area contributed by atoms with E-state index in [0.29, 0.717) is 11.6 Å². The van der Waals surface area contributed by atoms with Gasteiger partial charge in [0.1, 0.15) is 0 Å². The van der Waals surface area contributed by atoms with Crippen LogP contribution in [-0.4, -0.2) is 59.1 Å². The maximum atomic E-state index is 12.9. The third kappa shape index (κ3) is 5.01. The van der Waals surface area contributed by atoms with Gasteiger partial charge in [0.05, 0.1) is 0 Å². The summed E-state index contributed by atoms with van der Waals surface area (Å²) >= 11 is 5.96. The number of carbonyl (C=O) groups excluding carboxylic acids is 1. The number of amides is 1. The molecule has 0 atom stereocenters. The molecule has 1 aliphatic carbocycles. The van der Waals surface area contributed by atoms with E-state index in [-0.39, 0.29) is 5.91 Å². The van der Waals surface area contributed by atoms with Gasteiger partial charge in [0, 0.05) is 36.4 Å². The fourth-order valence-corrected chi connectivity index (χ4v) is 4.77. The monoisotopic (exact) mass is 414 g/mol. The number of nitrogens with zero attached hydrogens (tertiary/aromatic N) is 3. The minimum Gasteiger partial charge on any atom is -0.340 e. The molecule has 1 saturated heterocycles. The fourth-order valence-electron chi connectivity index (χ4n) is 4.64. The molecule has 1 fully saturated rings. The molecule has 2 heterocycles. The lowest BCUT2D eigenvalue weighted by Gasteiger charge is -2.33. The van der Waals surface area contributed by atoms with E-state index in [4.69, 9.17) is 11.6 Å². The summed E-state index contributed by atoms with van der Waals surface area (Å²) in [6, 6.07) is 8.16. The summed E-state index contributed by atoms with van der Waals surface area (Å²) in [5.41, 5.74) is 4.32. The molecule has 2 aliphatic rings. The Balaban J connectivity index is 1.23. The standard InChI is InChI=1S/C23H31ClN4O/c1-27(23(29)22-20-4-2-3-5-21(20)25-26-22)16-18-11-14-28(15-12-18)13-10-17-6-8-19(24)9-7-17/h6-9,18H,2-5,10-16H2,1H3,(H,25,26). The average molecular weight is 415 g/mol. The molecular weight excluding hydrogens is 384 g/mol. The van der Waals surface area contributed by atoms with E-state index in [0.717, 1.165) is 75.3 Å². The molecule has 1 aromatic heterocycles. The van der Waals surface area contributed by atoms with E-state index in [2.05, 4.69) is 27.2 Å². The van der Waals surface area contributed by atoms with Crippen LogP contribution in [0.15, 0.2) is 24.3 Å². The molecule has 29 heavy (non-hydrogen) atoms. The number of aryl methyl sites for hydroxylation is 1. The lowest BCUT2D eigenvalue weighted by Crippen LogP contribution is -2.40. The number of hydrogen-bond acceptors (Lipinski definition) is 3. The van der Waals surface area contributed by atoms with Crippen LogP contribution in [0.4, 0.5) is 0 Å². The minimum absolute atomic E-state index is 0.0783. The molecule has 0 radical (unpaired) electrons. The first kappa shape index (κ1) is 20.4. The van der Waals surface area contributed by atoms with Crippen molar-refractivity contribution in [3.05, 3.63) is 51.8 Å². The first-order valence-electron chi connectivity index (χ1n) is 10.9. The Morgan fingerprint density at radius 1 is 1.21 bits per heavy atom. The number of aromatic amines is 1. The smallest absolute Gasteiger partial charge is 0.274 e. The van der Waals surface area contributed by atoms with Crippen molar-refractivity contribution >= 4 is 17.5 Å². The molecule has 6 heteroatoms. The number of rotatable bonds is 6. The maximum absolute atomic E-state index is 12.9. The molecule has 0 spiro atoms. The van der Waals surface area contributed by atoms with Crippen molar-refractivity contribution in [3.8, 4) is 0 Å². The summed E-state index contributed by atoms with van der Waals surface area (Å²) in [6.07, 6.45) is 7.71. The lowest BCUT2D eigenvalue weighted by molar-refractivity contribution is 0.0733. The number of aromatic nitrogens is 2. The average Bonchev–Trinajstić information content (AvgIpc) is 3.18. The number of halogens is 1. The molecule has 1 N–H and O–H groups in total. The highest BCUT2D eigenvalue weighted by molar-refractivity contribution is 6.30. The van der Waals surface area contributed by atoms with Gasteiger partial charge in [0.25, 0.3) is 5.91 Å². The molecule has 156 valence electrons. The molecule has 4 rings (SSSR count). The van der Waals surface area contributed by atoms with E-state index < -0.39 is 0 Å². The lowest BCUT2D eigenvalue weighted by atomic mass is 9.94. The van der Waals surface area contributed by atoms with Gasteiger partial charge < -0.3 is 9.80 Å². The highest BCUT2D eigenvalue weighted by Gasteiger charge is 2.26. The largest absolute Gasteiger partial charge is 0.340 e. The second-order valence-electron chi connectivity index (χ2n) is 8.58. The molecule has 2 aromatic rings. The zero-order valence-corrected chi connectivity index (χ0v) is 18.0. The van der Waals surface area contributed by atoms with Crippen molar-refractivity contribution in [2.45, 2.75) is 44.9 Å². The van der Waals surface area contributed by atoms with E-state index in [1.54, 1.807) is 0 Å². The Morgan fingerprint density at radius 3 is 2.69 bits per heavy atom. The molecule has 1 aromatic carbocycles. The van der Waals surface area contributed by atoms with Crippen molar-refractivity contribution in [1.82, 2.24) is 20.0 Å². The van der Waals surface area contributed by atoms with Gasteiger partial charge in [-0.3, -0.25) is 9.89 Å². The number of fused-ring (bicyclic) bond motifs is 1. The van der Waals surface area contributed by atoms with E-state index in [1.807, 2.05) is 24.1 Å². The van der Waals surface area contributed by atoms with Gasteiger partial charge in [-0.25, -0.2) is 0 Å². The zero-order chi connectivity index (χ0) is 20.2. The Hall–Kier alpha value is -1.85. The molecule has 0 saturated carbocycles. The first-order valence-corrected chi connectivity index (χ1v) is 11.3. The second-order valence-corrected chi connectivity index (χ2v) is 9.02. The van der Waals surface area contributed by atoms with Crippen molar-refractivity contribution in [2.24, 2.45) is 5.92 Å². The Bertz CT molecular complexity index is 824. The highest BCUT2D eigenvalue weighted by Crippen LogP contribution is 2.24. The summed E-state index contributed by atoms with van der Waals surface area (Å²) in [7, 11) is 1.93. The van der Waals surface area contributed by atoms with Crippen LogP contribution in [-0.2, 0) is 19.3 Å². The highest BCUT2D eigenvalue weighted by atomic mass is 35.5. The van der Waals surface area contributed by atoms with Crippen molar-refractivity contribution < 1.29 is 4.79 Å². The van der Waals surface area contributed by atoms with Gasteiger partial charge in [-0.05, 0) is 81.6 Å². The summed E-state index contributed by atoms with van der Waals surface area (Å²) in [5.74, 6) is 0.653. The number of H-pyrrole nitrogens is 1. The third-order valence-corrected chi connectivity index (χ3v) is 6.73. The number of carbonyl (C=O) groups is 1. The van der Waals surface area contributed by atoms with Crippen LogP contribution in [0.5, 0.6) is 0 Å². The normalized spacial score (nSPS) is 17.9. The molecule has 0 bridgehead atoms. The molecule has 1 aliphatic heterocycles. The van der Waals surface area contributed by atoms with Crippen LogP contribution >= 0.6 is 11.6 Å². The summed E-state index contributed by atoms with van der Waals surface area (Å²) in [5, 5.41) is 8.24. The van der Waals surface area contributed by atoms with Crippen molar-refractivity contribution in [3.63, 3.8) is 0 Å². The Morgan fingerprint density at radius 2 is 1.93 bits per heavy atom. The second kappa shape index (κ2) is 9.31. The quantitative estimate of drug-likeness (QED) is 0.778. The SMILES string of the molecule is CN(CC1CCN(CCc2ccc(Cl)cc2)CC1)C(=O)c1n[nH]c2c1CCCC2. The van der Waals surface area contributed by atoms with E-state index >= 15 is 0 Å². The Labute approximate surface area is 178 Å². The van der Waals surface area contributed by atoms with Gasteiger partial charge in [-0.15, -0.1) is 0 Å². The van der Waals surface area contributed by atoms with Crippen LogP contribution in [0.3, 0.4) is 0 Å². The first-order chi connectivity index (χ1) is 14.1. The summed E-state index contributed by atoms with van der Waals surface area (Å²) in [4.78, 5) is 17.3. The number of nitrogens with one attached hydrogen (secondary N) is 1. The zero-order valence-electron chi connectivity index (χ0n) is 17.3. The third-order valence-electron chi connectivity index (χ3n) is 6.47.